The molecule has 140 valence electrons. The number of aryl methyl sites for hydroxylation is 3. The van der Waals surface area contributed by atoms with E-state index in [1.54, 1.807) is 0 Å². The Morgan fingerprint density at radius 3 is 2.46 bits per heavy atom. The summed E-state index contributed by atoms with van der Waals surface area (Å²) in [4.78, 5) is 11.9. The van der Waals surface area contributed by atoms with Crippen molar-refractivity contribution in [3.63, 3.8) is 0 Å². The molecule has 0 aliphatic rings. The number of hydrogen-bond acceptors (Lipinski definition) is 3. The van der Waals surface area contributed by atoms with Gasteiger partial charge in [0, 0.05) is 19.5 Å². The molecule has 0 aliphatic heterocycles. The van der Waals surface area contributed by atoms with Crippen molar-refractivity contribution in [2.75, 3.05) is 12.3 Å². The summed E-state index contributed by atoms with van der Waals surface area (Å²) in [6, 6.07) is 15.5. The molecule has 0 aromatic heterocycles. The van der Waals surface area contributed by atoms with Gasteiger partial charge < -0.3 is 5.32 Å². The van der Waals surface area contributed by atoms with E-state index in [1.807, 2.05) is 56.3 Å². The summed E-state index contributed by atoms with van der Waals surface area (Å²) in [5.41, 5.74) is 4.41. The van der Waals surface area contributed by atoms with E-state index in [2.05, 4.69) is 16.1 Å². The van der Waals surface area contributed by atoms with Crippen molar-refractivity contribution in [3.8, 4) is 0 Å². The van der Waals surface area contributed by atoms with Crippen LogP contribution in [0.2, 0.25) is 0 Å². The number of benzene rings is 2. The van der Waals surface area contributed by atoms with Gasteiger partial charge in [-0.1, -0.05) is 54.1 Å². The second-order valence-electron chi connectivity index (χ2n) is 6.41. The quantitative estimate of drug-likeness (QED) is 0.708. The largest absolute Gasteiger partial charge is 0.355 e. The molecule has 0 aliphatic carbocycles. The van der Waals surface area contributed by atoms with Crippen LogP contribution in [0.25, 0.3) is 0 Å². The third-order valence-corrected chi connectivity index (χ3v) is 5.48. The number of carbonyl (C=O) groups excluding carboxylic acids is 1. The number of rotatable bonds is 9. The van der Waals surface area contributed by atoms with E-state index in [0.29, 0.717) is 12.8 Å². The third kappa shape index (κ3) is 6.98. The smallest absolute Gasteiger partial charge is 0.220 e. The second kappa shape index (κ2) is 9.50. The summed E-state index contributed by atoms with van der Waals surface area (Å²) in [7, 11) is -3.42. The minimum absolute atomic E-state index is 0.107. The number of carbonyl (C=O) groups is 1. The Labute approximate surface area is 155 Å². The van der Waals surface area contributed by atoms with Crippen LogP contribution in [0, 0.1) is 13.8 Å². The lowest BCUT2D eigenvalue weighted by Crippen LogP contribution is -2.34. The summed E-state index contributed by atoms with van der Waals surface area (Å²) < 4.78 is 26.5. The maximum Gasteiger partial charge on any atom is 0.220 e. The maximum atomic E-state index is 12.0. The van der Waals surface area contributed by atoms with Gasteiger partial charge in [0.2, 0.25) is 15.9 Å². The number of hydrogen-bond donors (Lipinski definition) is 2. The molecule has 0 saturated heterocycles. The lowest BCUT2D eigenvalue weighted by molar-refractivity contribution is -0.120. The van der Waals surface area contributed by atoms with Crippen molar-refractivity contribution in [2.24, 2.45) is 0 Å². The monoisotopic (exact) mass is 374 g/mol. The normalized spacial score (nSPS) is 11.3. The topological polar surface area (TPSA) is 75.3 Å². The van der Waals surface area contributed by atoms with Crippen LogP contribution in [-0.4, -0.2) is 26.6 Å². The van der Waals surface area contributed by atoms with Crippen molar-refractivity contribution in [2.45, 2.75) is 33.2 Å². The van der Waals surface area contributed by atoms with Crippen LogP contribution in [0.4, 0.5) is 0 Å². The molecule has 2 N–H and O–H groups in total. The van der Waals surface area contributed by atoms with Crippen molar-refractivity contribution in [1.29, 1.82) is 0 Å². The molecule has 0 unspecified atom stereocenters. The highest BCUT2D eigenvalue weighted by atomic mass is 32.2. The predicted octanol–water partition coefficient (Wildman–Crippen LogP) is 2.47. The molecule has 2 aromatic carbocycles. The minimum atomic E-state index is -3.42. The predicted molar refractivity (Wildman–Crippen MR) is 104 cm³/mol. The van der Waals surface area contributed by atoms with Gasteiger partial charge in [0.25, 0.3) is 0 Å². The highest BCUT2D eigenvalue weighted by Gasteiger charge is 2.11. The van der Waals surface area contributed by atoms with E-state index in [0.717, 1.165) is 11.1 Å². The Morgan fingerprint density at radius 1 is 1.04 bits per heavy atom. The van der Waals surface area contributed by atoms with Gasteiger partial charge in [-0.05, 0) is 37.0 Å². The van der Waals surface area contributed by atoms with E-state index < -0.39 is 10.0 Å². The Hall–Kier alpha value is -2.18. The molecule has 2 aromatic rings. The highest BCUT2D eigenvalue weighted by molar-refractivity contribution is 7.89. The van der Waals surface area contributed by atoms with E-state index in [1.165, 1.54) is 11.1 Å². The summed E-state index contributed by atoms with van der Waals surface area (Å²) >= 11 is 0. The molecule has 0 saturated carbocycles. The van der Waals surface area contributed by atoms with E-state index in [4.69, 9.17) is 0 Å². The van der Waals surface area contributed by atoms with Crippen molar-refractivity contribution in [3.05, 3.63) is 70.8 Å². The lowest BCUT2D eigenvalue weighted by Gasteiger charge is -2.09. The number of amides is 1. The number of nitrogens with one attached hydrogen (secondary N) is 2. The fraction of sp³-hybridized carbons (Fsp3) is 0.350. The molecule has 6 heteroatoms. The van der Waals surface area contributed by atoms with E-state index >= 15 is 0 Å². The fourth-order valence-electron chi connectivity index (χ4n) is 2.65. The van der Waals surface area contributed by atoms with Gasteiger partial charge in [-0.15, -0.1) is 0 Å². The van der Waals surface area contributed by atoms with Gasteiger partial charge in [-0.2, -0.15) is 0 Å². The molecule has 0 heterocycles. The van der Waals surface area contributed by atoms with Crippen LogP contribution >= 0.6 is 0 Å². The zero-order valence-electron chi connectivity index (χ0n) is 15.3. The molecule has 0 bridgehead atoms. The molecule has 5 nitrogen and oxygen atoms in total. The zero-order chi connectivity index (χ0) is 19.0. The SMILES string of the molecule is Cc1ccc(CCC(=O)NCCS(=O)(=O)NCc2ccccc2)c(C)c1. The Morgan fingerprint density at radius 2 is 1.77 bits per heavy atom. The summed E-state index contributed by atoms with van der Waals surface area (Å²) in [6.45, 7) is 4.43. The molecule has 2 rings (SSSR count). The van der Waals surface area contributed by atoms with E-state index in [-0.39, 0.29) is 24.7 Å². The van der Waals surface area contributed by atoms with Gasteiger partial charge in [-0.25, -0.2) is 13.1 Å². The molecule has 0 spiro atoms. The summed E-state index contributed by atoms with van der Waals surface area (Å²) in [5.74, 6) is -0.266. The van der Waals surface area contributed by atoms with Crippen LogP contribution in [0.5, 0.6) is 0 Å². The first-order chi connectivity index (χ1) is 12.4. The van der Waals surface area contributed by atoms with Crippen LogP contribution in [-0.2, 0) is 27.8 Å². The van der Waals surface area contributed by atoms with Crippen molar-refractivity contribution in [1.82, 2.24) is 10.0 Å². The van der Waals surface area contributed by atoms with Gasteiger partial charge in [0.1, 0.15) is 0 Å². The first kappa shape index (κ1) is 20.1. The summed E-state index contributed by atoms with van der Waals surface area (Å²) in [6.07, 6.45) is 0.998. The van der Waals surface area contributed by atoms with Gasteiger partial charge >= 0.3 is 0 Å². The maximum absolute atomic E-state index is 12.0. The average Bonchev–Trinajstić information content (AvgIpc) is 2.60. The molecule has 1 amide bonds. The second-order valence-corrected chi connectivity index (χ2v) is 8.33. The van der Waals surface area contributed by atoms with E-state index in [9.17, 15) is 13.2 Å². The minimum Gasteiger partial charge on any atom is -0.355 e. The molecular weight excluding hydrogens is 348 g/mol. The first-order valence-electron chi connectivity index (χ1n) is 8.70. The first-order valence-corrected chi connectivity index (χ1v) is 10.3. The molecular formula is C20H26N2O3S. The van der Waals surface area contributed by atoms with Crippen LogP contribution in [0.3, 0.4) is 0 Å². The van der Waals surface area contributed by atoms with Gasteiger partial charge in [0.15, 0.2) is 0 Å². The molecule has 26 heavy (non-hydrogen) atoms. The standard InChI is InChI=1S/C20H26N2O3S/c1-16-8-9-19(17(2)14-16)10-11-20(23)21-12-13-26(24,25)22-15-18-6-4-3-5-7-18/h3-9,14,22H,10-13,15H2,1-2H3,(H,21,23). The Balaban J connectivity index is 1.70. The highest BCUT2D eigenvalue weighted by Crippen LogP contribution is 2.12. The van der Waals surface area contributed by atoms with Crippen molar-refractivity contribution < 1.29 is 13.2 Å². The lowest BCUT2D eigenvalue weighted by atomic mass is 10.0. The average molecular weight is 375 g/mol. The third-order valence-electron chi connectivity index (χ3n) is 4.15. The van der Waals surface area contributed by atoms with Crippen LogP contribution in [0.15, 0.2) is 48.5 Å². The fourth-order valence-corrected chi connectivity index (χ4v) is 3.55. The number of sulfonamides is 1. The van der Waals surface area contributed by atoms with Crippen LogP contribution < -0.4 is 10.0 Å². The molecule has 0 radical (unpaired) electrons. The van der Waals surface area contributed by atoms with Crippen LogP contribution in [0.1, 0.15) is 28.7 Å². The van der Waals surface area contributed by atoms with Gasteiger partial charge in [0.05, 0.1) is 5.75 Å². The summed E-state index contributed by atoms with van der Waals surface area (Å²) in [5, 5.41) is 2.68. The van der Waals surface area contributed by atoms with Crippen molar-refractivity contribution >= 4 is 15.9 Å². The molecule has 0 atom stereocenters. The Bertz CT molecular complexity index is 833. The zero-order valence-corrected chi connectivity index (χ0v) is 16.1. The molecule has 0 fully saturated rings. The van der Waals surface area contributed by atoms with Gasteiger partial charge in [-0.3, -0.25) is 4.79 Å². The Kier molecular flexibility index (Phi) is 7.36.